The number of aromatic nitrogens is 2. The number of carbonyl (C=O) groups excluding carboxylic acids is 1. The number of para-hydroxylation sites is 1. The third-order valence-corrected chi connectivity index (χ3v) is 5.35. The molecule has 7 heteroatoms. The van der Waals surface area contributed by atoms with Gasteiger partial charge >= 0.3 is 0 Å². The number of hydrogen-bond donors (Lipinski definition) is 1. The van der Waals surface area contributed by atoms with E-state index >= 15 is 0 Å². The molecule has 1 amide bonds. The molecule has 0 aliphatic carbocycles. The number of rotatable bonds is 8. The maximum atomic E-state index is 12.4. The van der Waals surface area contributed by atoms with Crippen LogP contribution in [0.15, 0.2) is 83.4 Å². The monoisotopic (exact) mass is 430 g/mol. The largest absolute Gasteiger partial charge is 0.494 e. The van der Waals surface area contributed by atoms with E-state index in [0.717, 1.165) is 34.0 Å². The molecule has 0 spiro atoms. The molecule has 2 aromatic carbocycles. The molecule has 0 radical (unpaired) electrons. The summed E-state index contributed by atoms with van der Waals surface area (Å²) in [5, 5.41) is 10.9. The molecule has 31 heavy (non-hydrogen) atoms. The van der Waals surface area contributed by atoms with E-state index in [9.17, 15) is 4.79 Å². The first kappa shape index (κ1) is 20.6. The van der Waals surface area contributed by atoms with Gasteiger partial charge in [-0.15, -0.1) is 11.3 Å². The van der Waals surface area contributed by atoms with Gasteiger partial charge in [0.25, 0.3) is 5.91 Å². The molecule has 0 bridgehead atoms. The summed E-state index contributed by atoms with van der Waals surface area (Å²) in [5.74, 6) is 0.460. The first-order valence-corrected chi connectivity index (χ1v) is 10.9. The number of ether oxygens (including phenoxy) is 1. The highest BCUT2D eigenvalue weighted by Crippen LogP contribution is 2.26. The lowest BCUT2D eigenvalue weighted by atomic mass is 10.2. The van der Waals surface area contributed by atoms with Gasteiger partial charge in [0.15, 0.2) is 0 Å². The quantitative estimate of drug-likeness (QED) is 0.310. The van der Waals surface area contributed by atoms with E-state index < -0.39 is 0 Å². The first-order chi connectivity index (χ1) is 15.2. The van der Waals surface area contributed by atoms with E-state index in [0.29, 0.717) is 12.2 Å². The van der Waals surface area contributed by atoms with Crippen molar-refractivity contribution in [2.24, 2.45) is 5.10 Å². The Morgan fingerprint density at radius 3 is 2.65 bits per heavy atom. The average molecular weight is 431 g/mol. The Hall–Kier alpha value is -3.71. The highest BCUT2D eigenvalue weighted by atomic mass is 32.1. The van der Waals surface area contributed by atoms with Crippen LogP contribution in [-0.2, 0) is 0 Å². The molecule has 4 aromatic rings. The molecule has 6 nitrogen and oxygen atoms in total. The Morgan fingerprint density at radius 1 is 1.13 bits per heavy atom. The summed E-state index contributed by atoms with van der Waals surface area (Å²) in [4.78, 5) is 13.4. The van der Waals surface area contributed by atoms with Crippen molar-refractivity contribution in [3.05, 3.63) is 89.4 Å². The lowest BCUT2D eigenvalue weighted by Crippen LogP contribution is -2.17. The van der Waals surface area contributed by atoms with E-state index in [1.807, 2.05) is 65.6 Å². The fraction of sp³-hybridized carbons (Fsp3) is 0.125. The van der Waals surface area contributed by atoms with Gasteiger partial charge in [-0.3, -0.25) is 4.79 Å². The van der Waals surface area contributed by atoms with E-state index in [1.54, 1.807) is 41.8 Å². The van der Waals surface area contributed by atoms with Crippen LogP contribution in [-0.4, -0.2) is 28.5 Å². The Bertz CT molecular complexity index is 1150. The van der Waals surface area contributed by atoms with Crippen molar-refractivity contribution in [2.75, 3.05) is 6.61 Å². The molecule has 0 unspecified atom stereocenters. The van der Waals surface area contributed by atoms with Crippen molar-refractivity contribution < 1.29 is 9.53 Å². The molecule has 0 saturated carbocycles. The standard InChI is InChI=1S/C24H22N4O2S/c1-2-14-30-21-12-10-18(11-13-21)24(29)26-25-16-19-17-28(20-7-4-3-5-8-20)27-23(19)22-9-6-15-31-22/h3-13,15-17H,2,14H2,1H3,(H,26,29)/b25-16+. The molecule has 0 fully saturated rings. The number of nitrogens with one attached hydrogen (secondary N) is 1. The van der Waals surface area contributed by atoms with Crippen LogP contribution in [0, 0.1) is 0 Å². The molecule has 0 saturated heterocycles. The van der Waals surface area contributed by atoms with E-state index in [4.69, 9.17) is 9.84 Å². The minimum atomic E-state index is -0.286. The predicted octanol–water partition coefficient (Wildman–Crippen LogP) is 5.15. The number of thiophene rings is 1. The SMILES string of the molecule is CCCOc1ccc(C(=O)N/N=C/c2cn(-c3ccccc3)nc2-c2cccs2)cc1. The number of hydrogen-bond acceptors (Lipinski definition) is 5. The summed E-state index contributed by atoms with van der Waals surface area (Å²) >= 11 is 1.61. The average Bonchev–Trinajstić information content (AvgIpc) is 3.48. The summed E-state index contributed by atoms with van der Waals surface area (Å²) in [6.07, 6.45) is 4.46. The number of benzene rings is 2. The molecule has 2 aromatic heterocycles. The van der Waals surface area contributed by atoms with Gasteiger partial charge in [0, 0.05) is 17.3 Å². The molecule has 2 heterocycles. The van der Waals surface area contributed by atoms with Crippen molar-refractivity contribution in [3.63, 3.8) is 0 Å². The Labute approximate surface area is 184 Å². The number of amides is 1. The fourth-order valence-corrected chi connectivity index (χ4v) is 3.68. The maximum Gasteiger partial charge on any atom is 0.271 e. The summed E-state index contributed by atoms with van der Waals surface area (Å²) in [7, 11) is 0. The van der Waals surface area contributed by atoms with Crippen LogP contribution < -0.4 is 10.2 Å². The topological polar surface area (TPSA) is 68.5 Å². The lowest BCUT2D eigenvalue weighted by molar-refractivity contribution is 0.0955. The van der Waals surface area contributed by atoms with Gasteiger partial charge in [0.05, 0.1) is 23.4 Å². The first-order valence-electron chi connectivity index (χ1n) is 10.00. The maximum absolute atomic E-state index is 12.4. The minimum absolute atomic E-state index is 0.286. The molecule has 4 rings (SSSR count). The second-order valence-corrected chi connectivity index (χ2v) is 7.71. The fourth-order valence-electron chi connectivity index (χ4n) is 2.95. The van der Waals surface area contributed by atoms with Gasteiger partial charge in [-0.2, -0.15) is 10.2 Å². The third kappa shape index (κ3) is 5.07. The highest BCUT2D eigenvalue weighted by molar-refractivity contribution is 7.13. The second-order valence-electron chi connectivity index (χ2n) is 6.76. The third-order valence-electron chi connectivity index (χ3n) is 4.48. The summed E-state index contributed by atoms with van der Waals surface area (Å²) in [6, 6.07) is 20.9. The molecule has 1 N–H and O–H groups in total. The van der Waals surface area contributed by atoms with Crippen molar-refractivity contribution in [2.45, 2.75) is 13.3 Å². The normalized spacial score (nSPS) is 11.0. The lowest BCUT2D eigenvalue weighted by Gasteiger charge is -2.05. The highest BCUT2D eigenvalue weighted by Gasteiger charge is 2.12. The number of carbonyl (C=O) groups is 1. The molecule has 0 aliphatic heterocycles. The van der Waals surface area contributed by atoms with E-state index in [1.165, 1.54) is 0 Å². The van der Waals surface area contributed by atoms with Gasteiger partial charge < -0.3 is 4.74 Å². The summed E-state index contributed by atoms with van der Waals surface area (Å²) in [6.45, 7) is 2.70. The van der Waals surface area contributed by atoms with Crippen LogP contribution in [0.3, 0.4) is 0 Å². The van der Waals surface area contributed by atoms with Crippen LogP contribution >= 0.6 is 11.3 Å². The molecular formula is C24H22N4O2S. The zero-order chi connectivity index (χ0) is 21.5. The van der Waals surface area contributed by atoms with E-state index in [-0.39, 0.29) is 5.91 Å². The zero-order valence-corrected chi connectivity index (χ0v) is 17.9. The Balaban J connectivity index is 1.50. The summed E-state index contributed by atoms with van der Waals surface area (Å²) < 4.78 is 7.36. The summed E-state index contributed by atoms with van der Waals surface area (Å²) in [5.41, 5.74) is 5.68. The Kier molecular flexibility index (Phi) is 6.54. The van der Waals surface area contributed by atoms with Gasteiger partial charge in [0.2, 0.25) is 0 Å². The smallest absolute Gasteiger partial charge is 0.271 e. The minimum Gasteiger partial charge on any atom is -0.494 e. The van der Waals surface area contributed by atoms with Crippen molar-refractivity contribution >= 4 is 23.5 Å². The van der Waals surface area contributed by atoms with Gasteiger partial charge in [0.1, 0.15) is 11.4 Å². The molecule has 0 aliphatic rings. The second kappa shape index (κ2) is 9.86. The van der Waals surface area contributed by atoms with Crippen LogP contribution in [0.4, 0.5) is 0 Å². The molecular weight excluding hydrogens is 408 g/mol. The molecule has 156 valence electrons. The van der Waals surface area contributed by atoms with Crippen LogP contribution in [0.5, 0.6) is 5.75 Å². The van der Waals surface area contributed by atoms with Crippen molar-refractivity contribution in [3.8, 4) is 22.0 Å². The molecule has 0 atom stereocenters. The number of nitrogens with zero attached hydrogens (tertiary/aromatic N) is 3. The van der Waals surface area contributed by atoms with Gasteiger partial charge in [-0.1, -0.05) is 31.2 Å². The van der Waals surface area contributed by atoms with Gasteiger partial charge in [-0.25, -0.2) is 10.1 Å². The van der Waals surface area contributed by atoms with Crippen molar-refractivity contribution in [1.29, 1.82) is 0 Å². The van der Waals surface area contributed by atoms with Crippen LogP contribution in [0.2, 0.25) is 0 Å². The van der Waals surface area contributed by atoms with Crippen molar-refractivity contribution in [1.82, 2.24) is 15.2 Å². The van der Waals surface area contributed by atoms with E-state index in [2.05, 4.69) is 10.5 Å². The van der Waals surface area contributed by atoms with Crippen LogP contribution in [0.25, 0.3) is 16.3 Å². The predicted molar refractivity (Wildman–Crippen MR) is 124 cm³/mol. The number of hydrazone groups is 1. The van der Waals surface area contributed by atoms with Gasteiger partial charge in [-0.05, 0) is 54.3 Å². The Morgan fingerprint density at radius 2 is 1.94 bits per heavy atom. The van der Waals surface area contributed by atoms with Crippen LogP contribution in [0.1, 0.15) is 29.3 Å². The zero-order valence-electron chi connectivity index (χ0n) is 17.1.